The monoisotopic (exact) mass is 401 g/mol. The summed E-state index contributed by atoms with van der Waals surface area (Å²) in [6, 6.07) is 7.04. The van der Waals surface area contributed by atoms with Gasteiger partial charge in [0.2, 0.25) is 15.9 Å². The molecule has 2 fully saturated rings. The number of piperazine rings is 1. The third-order valence-corrected chi connectivity index (χ3v) is 7.01. The Labute approximate surface area is 162 Å². The Kier molecular flexibility index (Phi) is 7.07. The van der Waals surface area contributed by atoms with Crippen molar-refractivity contribution in [3.05, 3.63) is 29.8 Å². The zero-order valence-corrected chi connectivity index (χ0v) is 17.0. The van der Waals surface area contributed by atoms with Crippen LogP contribution in [0.5, 0.6) is 0 Å². The van der Waals surface area contributed by atoms with Gasteiger partial charge in [0.15, 0.2) is 0 Å². The summed E-state index contributed by atoms with van der Waals surface area (Å²) in [4.78, 5) is 14.5. The maximum Gasteiger partial charge on any atom is 0.243 e. The highest BCUT2D eigenvalue weighted by molar-refractivity contribution is 7.89. The number of halogens is 1. The molecule has 1 unspecified atom stereocenters. The normalized spacial score (nSPS) is 21.7. The molecule has 1 amide bonds. The number of nitrogens with one attached hydrogen (secondary N) is 1. The second kappa shape index (κ2) is 8.69. The van der Waals surface area contributed by atoms with E-state index in [4.69, 9.17) is 0 Å². The van der Waals surface area contributed by atoms with Crippen LogP contribution in [0.4, 0.5) is 0 Å². The minimum absolute atomic E-state index is 0. The number of sulfonamides is 1. The zero-order valence-electron chi connectivity index (χ0n) is 15.3. The number of carbonyl (C=O) groups is 1. The quantitative estimate of drug-likeness (QED) is 0.835. The number of nitrogens with zero attached hydrogens (tertiary/aromatic N) is 2. The lowest BCUT2D eigenvalue weighted by atomic mass is 10.0. The molecule has 2 saturated heterocycles. The van der Waals surface area contributed by atoms with Crippen molar-refractivity contribution in [2.75, 3.05) is 32.7 Å². The van der Waals surface area contributed by atoms with Gasteiger partial charge in [-0.25, -0.2) is 8.42 Å². The van der Waals surface area contributed by atoms with Crippen molar-refractivity contribution in [1.82, 2.24) is 14.5 Å². The maximum absolute atomic E-state index is 12.8. The fourth-order valence-electron chi connectivity index (χ4n) is 3.44. The third-order valence-electron chi connectivity index (χ3n) is 5.09. The number of hydrogen-bond donors (Lipinski definition) is 1. The van der Waals surface area contributed by atoms with Gasteiger partial charge in [-0.1, -0.05) is 26.0 Å². The minimum atomic E-state index is -3.49. The molecule has 2 aliphatic rings. The number of carbonyl (C=O) groups excluding carboxylic acids is 1. The molecule has 1 aromatic carbocycles. The summed E-state index contributed by atoms with van der Waals surface area (Å²) in [5.41, 5.74) is 1.12. The fraction of sp³-hybridized carbons (Fsp3) is 0.611. The van der Waals surface area contributed by atoms with Crippen LogP contribution in [0, 0.1) is 0 Å². The first-order valence-electron chi connectivity index (χ1n) is 9.02. The van der Waals surface area contributed by atoms with E-state index >= 15 is 0 Å². The van der Waals surface area contributed by atoms with Crippen molar-refractivity contribution in [3.63, 3.8) is 0 Å². The Morgan fingerprint density at radius 1 is 1.12 bits per heavy atom. The first-order valence-corrected chi connectivity index (χ1v) is 10.5. The Bertz CT molecular complexity index is 708. The number of amides is 1. The van der Waals surface area contributed by atoms with Gasteiger partial charge in [-0.2, -0.15) is 4.31 Å². The van der Waals surface area contributed by atoms with Crippen LogP contribution < -0.4 is 5.32 Å². The molecule has 0 spiro atoms. The molecule has 0 radical (unpaired) electrons. The van der Waals surface area contributed by atoms with Crippen molar-refractivity contribution < 1.29 is 13.2 Å². The van der Waals surface area contributed by atoms with E-state index in [9.17, 15) is 13.2 Å². The topological polar surface area (TPSA) is 69.7 Å². The van der Waals surface area contributed by atoms with Crippen LogP contribution in [-0.2, 0) is 14.8 Å². The Hall–Kier alpha value is -1.15. The molecule has 8 heteroatoms. The number of benzene rings is 1. The fourth-order valence-corrected chi connectivity index (χ4v) is 4.86. The lowest BCUT2D eigenvalue weighted by Gasteiger charge is -2.35. The predicted octanol–water partition coefficient (Wildman–Crippen LogP) is 1.82. The smallest absolute Gasteiger partial charge is 0.243 e. The molecule has 1 N–H and O–H groups in total. The van der Waals surface area contributed by atoms with E-state index in [0.29, 0.717) is 37.0 Å². The summed E-state index contributed by atoms with van der Waals surface area (Å²) >= 11 is 0. The average molecular weight is 402 g/mol. The van der Waals surface area contributed by atoms with E-state index < -0.39 is 10.0 Å². The highest BCUT2D eigenvalue weighted by Gasteiger charge is 2.33. The molecular formula is C18H28ClN3O3S. The standard InChI is InChI=1S/C18H27N3O3S.ClH/c1-14(2)15-5-7-16(8-6-15)25(23,24)21-12-10-20(11-13-21)18(22)17-4-3-9-19-17;/h5-8,14,17,19H,3-4,9-13H2,1-2H3;1H. The first-order chi connectivity index (χ1) is 11.9. The Morgan fingerprint density at radius 3 is 2.23 bits per heavy atom. The molecule has 6 nitrogen and oxygen atoms in total. The summed E-state index contributed by atoms with van der Waals surface area (Å²) in [6.07, 6.45) is 1.90. The molecule has 0 aromatic heterocycles. The van der Waals surface area contributed by atoms with E-state index in [0.717, 1.165) is 24.9 Å². The summed E-state index contributed by atoms with van der Waals surface area (Å²) in [6.45, 7) is 6.68. The average Bonchev–Trinajstić information content (AvgIpc) is 3.16. The highest BCUT2D eigenvalue weighted by Crippen LogP contribution is 2.21. The van der Waals surface area contributed by atoms with Gasteiger partial charge in [0, 0.05) is 26.2 Å². The predicted molar refractivity (Wildman–Crippen MR) is 104 cm³/mol. The highest BCUT2D eigenvalue weighted by atomic mass is 35.5. The van der Waals surface area contributed by atoms with Gasteiger partial charge in [0.05, 0.1) is 10.9 Å². The SMILES string of the molecule is CC(C)c1ccc(S(=O)(=O)N2CCN(C(=O)C3CCCN3)CC2)cc1.Cl. The summed E-state index contributed by atoms with van der Waals surface area (Å²) in [5, 5.41) is 3.21. The third kappa shape index (κ3) is 4.39. The van der Waals surface area contributed by atoms with Crippen LogP contribution in [0.3, 0.4) is 0 Å². The van der Waals surface area contributed by atoms with Crippen molar-refractivity contribution in [2.24, 2.45) is 0 Å². The van der Waals surface area contributed by atoms with Crippen molar-refractivity contribution in [2.45, 2.75) is 43.5 Å². The summed E-state index contributed by atoms with van der Waals surface area (Å²) < 4.78 is 27.1. The van der Waals surface area contributed by atoms with Crippen LogP contribution in [0.2, 0.25) is 0 Å². The van der Waals surface area contributed by atoms with Gasteiger partial charge >= 0.3 is 0 Å². The second-order valence-corrected chi connectivity index (χ2v) is 9.04. The Morgan fingerprint density at radius 2 is 1.73 bits per heavy atom. The van der Waals surface area contributed by atoms with Crippen LogP contribution in [0.15, 0.2) is 29.2 Å². The van der Waals surface area contributed by atoms with E-state index in [-0.39, 0.29) is 24.4 Å². The van der Waals surface area contributed by atoms with Gasteiger partial charge < -0.3 is 10.2 Å². The molecule has 3 rings (SSSR count). The first kappa shape index (κ1) is 21.2. The molecule has 2 aliphatic heterocycles. The molecule has 0 saturated carbocycles. The Balaban J connectivity index is 0.00000243. The van der Waals surface area contributed by atoms with Crippen LogP contribution in [-0.4, -0.2) is 62.3 Å². The molecule has 0 aliphatic carbocycles. The number of rotatable bonds is 4. The molecule has 1 atom stereocenters. The van der Waals surface area contributed by atoms with Crippen LogP contribution >= 0.6 is 12.4 Å². The second-order valence-electron chi connectivity index (χ2n) is 7.10. The molecule has 146 valence electrons. The van der Waals surface area contributed by atoms with Crippen LogP contribution in [0.1, 0.15) is 38.2 Å². The van der Waals surface area contributed by atoms with Crippen LogP contribution in [0.25, 0.3) is 0 Å². The lowest BCUT2D eigenvalue weighted by molar-refractivity contribution is -0.134. The lowest BCUT2D eigenvalue weighted by Crippen LogP contribution is -2.54. The molecule has 0 bridgehead atoms. The van der Waals surface area contributed by atoms with Crippen molar-refractivity contribution in [1.29, 1.82) is 0 Å². The molecule has 26 heavy (non-hydrogen) atoms. The van der Waals surface area contributed by atoms with E-state index in [1.165, 1.54) is 4.31 Å². The number of hydrogen-bond acceptors (Lipinski definition) is 4. The van der Waals surface area contributed by atoms with Crippen molar-refractivity contribution in [3.8, 4) is 0 Å². The van der Waals surface area contributed by atoms with Gasteiger partial charge in [-0.15, -0.1) is 12.4 Å². The summed E-state index contributed by atoms with van der Waals surface area (Å²) in [5.74, 6) is 0.478. The molecular weight excluding hydrogens is 374 g/mol. The van der Waals surface area contributed by atoms with Gasteiger partial charge in [0.1, 0.15) is 0 Å². The molecule has 1 aromatic rings. The largest absolute Gasteiger partial charge is 0.339 e. The maximum atomic E-state index is 12.8. The van der Waals surface area contributed by atoms with Gasteiger partial charge in [0.25, 0.3) is 0 Å². The minimum Gasteiger partial charge on any atom is -0.339 e. The van der Waals surface area contributed by atoms with Crippen molar-refractivity contribution >= 4 is 28.3 Å². The van der Waals surface area contributed by atoms with E-state index in [2.05, 4.69) is 19.2 Å². The molecule has 2 heterocycles. The summed E-state index contributed by atoms with van der Waals surface area (Å²) in [7, 11) is -3.49. The zero-order chi connectivity index (χ0) is 18.0. The van der Waals surface area contributed by atoms with Gasteiger partial charge in [-0.3, -0.25) is 4.79 Å². The van der Waals surface area contributed by atoms with E-state index in [1.54, 1.807) is 17.0 Å². The van der Waals surface area contributed by atoms with E-state index in [1.807, 2.05) is 12.1 Å². The van der Waals surface area contributed by atoms with Gasteiger partial charge in [-0.05, 0) is 43.0 Å².